The van der Waals surface area contributed by atoms with Gasteiger partial charge in [0.15, 0.2) is 0 Å². The number of benzene rings is 1. The van der Waals surface area contributed by atoms with E-state index >= 15 is 0 Å². The van der Waals surface area contributed by atoms with Crippen molar-refractivity contribution in [2.45, 2.75) is 38.9 Å². The summed E-state index contributed by atoms with van der Waals surface area (Å²) in [6.45, 7) is 4.61. The van der Waals surface area contributed by atoms with Gasteiger partial charge in [0.25, 0.3) is 0 Å². The largest absolute Gasteiger partial charge is 0.416 e. The van der Waals surface area contributed by atoms with Crippen LogP contribution in [0.4, 0.5) is 13.2 Å². The minimum absolute atomic E-state index is 0.306. The maximum Gasteiger partial charge on any atom is 0.416 e. The van der Waals surface area contributed by atoms with E-state index in [2.05, 4.69) is 5.32 Å². The van der Waals surface area contributed by atoms with Crippen LogP contribution in [0.25, 0.3) is 0 Å². The molecule has 2 nitrogen and oxygen atoms in total. The molecule has 0 bridgehead atoms. The van der Waals surface area contributed by atoms with Crippen molar-refractivity contribution in [2.24, 2.45) is 0 Å². The third-order valence-electron chi connectivity index (χ3n) is 3.04. The Kier molecular flexibility index (Phi) is 7.39. The monoisotopic (exact) mass is 321 g/mol. The highest BCUT2D eigenvalue weighted by Gasteiger charge is 2.31. The number of nitrogens with one attached hydrogen (secondary N) is 1. The van der Waals surface area contributed by atoms with Gasteiger partial charge in [0, 0.05) is 28.3 Å². The topological polar surface area (TPSA) is 29.1 Å². The highest BCUT2D eigenvalue weighted by atomic mass is 32.2. The zero-order valence-electron chi connectivity index (χ0n) is 12.4. The molecule has 1 N–H and O–H groups in total. The van der Waals surface area contributed by atoms with Crippen LogP contribution in [-0.2, 0) is 17.0 Å². The lowest BCUT2D eigenvalue weighted by Crippen LogP contribution is -2.28. The van der Waals surface area contributed by atoms with Crippen LogP contribution in [0.5, 0.6) is 0 Å². The van der Waals surface area contributed by atoms with E-state index in [1.165, 1.54) is 6.07 Å². The smallest absolute Gasteiger partial charge is 0.309 e. The van der Waals surface area contributed by atoms with Crippen LogP contribution in [0.2, 0.25) is 0 Å². The highest BCUT2D eigenvalue weighted by Crippen LogP contribution is 2.30. The molecule has 0 radical (unpaired) electrons. The lowest BCUT2D eigenvalue weighted by atomic mass is 10.0. The normalized spacial score (nSPS) is 14.9. The number of alkyl halides is 3. The molecular formula is C15H22F3NOS. The van der Waals surface area contributed by atoms with Crippen LogP contribution in [0.15, 0.2) is 24.3 Å². The van der Waals surface area contributed by atoms with Crippen molar-refractivity contribution in [3.63, 3.8) is 0 Å². The third kappa shape index (κ3) is 6.18. The molecule has 120 valence electrons. The van der Waals surface area contributed by atoms with Crippen molar-refractivity contribution >= 4 is 10.8 Å². The molecule has 21 heavy (non-hydrogen) atoms. The summed E-state index contributed by atoms with van der Waals surface area (Å²) in [5.41, 5.74) is -0.118. The van der Waals surface area contributed by atoms with Gasteiger partial charge in [-0.25, -0.2) is 0 Å². The van der Waals surface area contributed by atoms with Gasteiger partial charge in [-0.1, -0.05) is 26.0 Å². The lowest BCUT2D eigenvalue weighted by molar-refractivity contribution is -0.137. The van der Waals surface area contributed by atoms with E-state index in [1.807, 2.05) is 13.8 Å². The molecule has 2 unspecified atom stereocenters. The Balaban J connectivity index is 2.94. The average Bonchev–Trinajstić information content (AvgIpc) is 2.43. The predicted octanol–water partition coefficient (Wildman–Crippen LogP) is 3.90. The molecule has 6 heteroatoms. The van der Waals surface area contributed by atoms with Gasteiger partial charge >= 0.3 is 6.18 Å². The minimum atomic E-state index is -4.35. The summed E-state index contributed by atoms with van der Waals surface area (Å²) >= 11 is 0. The van der Waals surface area contributed by atoms with E-state index in [4.69, 9.17) is 0 Å². The summed E-state index contributed by atoms with van der Waals surface area (Å²) in [6.07, 6.45) is -2.68. The zero-order chi connectivity index (χ0) is 15.9. The van der Waals surface area contributed by atoms with Crippen LogP contribution in [-0.4, -0.2) is 22.3 Å². The fourth-order valence-electron chi connectivity index (χ4n) is 2.02. The van der Waals surface area contributed by atoms with Crippen molar-refractivity contribution in [1.29, 1.82) is 0 Å². The summed E-state index contributed by atoms with van der Waals surface area (Å²) in [6, 6.07) is 4.97. The minimum Gasteiger partial charge on any atom is -0.309 e. The summed E-state index contributed by atoms with van der Waals surface area (Å²) in [4.78, 5) is 0. The van der Waals surface area contributed by atoms with Gasteiger partial charge in [0.05, 0.1) is 5.56 Å². The fraction of sp³-hybridized carbons (Fsp3) is 0.600. The molecule has 0 aromatic heterocycles. The number of rotatable bonds is 8. The number of halogens is 3. The molecule has 0 amide bonds. The van der Waals surface area contributed by atoms with Crippen LogP contribution >= 0.6 is 0 Å². The first kappa shape index (κ1) is 18.2. The molecule has 0 spiro atoms. The quantitative estimate of drug-likeness (QED) is 0.786. The zero-order valence-corrected chi connectivity index (χ0v) is 13.2. The van der Waals surface area contributed by atoms with Gasteiger partial charge in [-0.15, -0.1) is 0 Å². The summed E-state index contributed by atoms with van der Waals surface area (Å²) < 4.78 is 50.3. The Morgan fingerprint density at radius 1 is 1.24 bits per heavy atom. The van der Waals surface area contributed by atoms with Gasteiger partial charge < -0.3 is 5.32 Å². The van der Waals surface area contributed by atoms with Gasteiger partial charge in [0.1, 0.15) is 0 Å². The molecule has 1 aromatic rings. The second kappa shape index (κ2) is 8.54. The predicted molar refractivity (Wildman–Crippen MR) is 80.6 cm³/mol. The van der Waals surface area contributed by atoms with Crippen LogP contribution in [0.3, 0.4) is 0 Å². The van der Waals surface area contributed by atoms with Crippen molar-refractivity contribution < 1.29 is 17.4 Å². The SMILES string of the molecule is CCCNC(CS(=O)CCC)c1cccc(C(F)(F)F)c1. The van der Waals surface area contributed by atoms with E-state index in [0.717, 1.165) is 25.0 Å². The Morgan fingerprint density at radius 3 is 2.52 bits per heavy atom. The summed E-state index contributed by atoms with van der Waals surface area (Å²) in [5, 5.41) is 3.19. The summed E-state index contributed by atoms with van der Waals surface area (Å²) in [5.74, 6) is 0.915. The highest BCUT2D eigenvalue weighted by molar-refractivity contribution is 7.85. The first-order valence-electron chi connectivity index (χ1n) is 7.14. The molecule has 1 rings (SSSR count). The van der Waals surface area contributed by atoms with Crippen molar-refractivity contribution in [3.8, 4) is 0 Å². The van der Waals surface area contributed by atoms with E-state index in [1.54, 1.807) is 6.07 Å². The van der Waals surface area contributed by atoms with Gasteiger partial charge in [-0.2, -0.15) is 13.2 Å². The Morgan fingerprint density at radius 2 is 1.95 bits per heavy atom. The van der Waals surface area contributed by atoms with Crippen molar-refractivity contribution in [3.05, 3.63) is 35.4 Å². The second-order valence-electron chi connectivity index (χ2n) is 4.94. The van der Waals surface area contributed by atoms with E-state index < -0.39 is 22.5 Å². The Labute approximate surface area is 126 Å². The number of hydrogen-bond acceptors (Lipinski definition) is 2. The molecule has 0 aliphatic rings. The maximum atomic E-state index is 12.8. The second-order valence-corrected chi connectivity index (χ2v) is 6.56. The average molecular weight is 321 g/mol. The van der Waals surface area contributed by atoms with Crippen LogP contribution < -0.4 is 5.32 Å². The fourth-order valence-corrected chi connectivity index (χ4v) is 3.32. The Bertz CT molecular complexity index is 462. The lowest BCUT2D eigenvalue weighted by Gasteiger charge is -2.20. The number of hydrogen-bond donors (Lipinski definition) is 1. The summed E-state index contributed by atoms with van der Waals surface area (Å²) in [7, 11) is -1.03. The van der Waals surface area contributed by atoms with E-state index in [-0.39, 0.29) is 6.04 Å². The molecule has 1 aromatic carbocycles. The maximum absolute atomic E-state index is 12.8. The third-order valence-corrected chi connectivity index (χ3v) is 4.61. The molecule has 0 aliphatic heterocycles. The van der Waals surface area contributed by atoms with E-state index in [9.17, 15) is 17.4 Å². The van der Waals surface area contributed by atoms with Crippen molar-refractivity contribution in [1.82, 2.24) is 5.32 Å². The molecular weight excluding hydrogens is 299 g/mol. The standard InChI is InChI=1S/C15H22F3NOS/c1-3-8-19-14(11-21(20)9-4-2)12-6-5-7-13(10-12)15(16,17)18/h5-7,10,14,19H,3-4,8-9,11H2,1-2H3. The van der Waals surface area contributed by atoms with Crippen LogP contribution in [0, 0.1) is 0 Å². The molecule has 0 saturated heterocycles. The molecule has 2 atom stereocenters. The first-order valence-corrected chi connectivity index (χ1v) is 8.62. The van der Waals surface area contributed by atoms with Gasteiger partial charge in [0.2, 0.25) is 0 Å². The molecule has 0 heterocycles. The van der Waals surface area contributed by atoms with Gasteiger partial charge in [-0.3, -0.25) is 4.21 Å². The molecule has 0 aliphatic carbocycles. The van der Waals surface area contributed by atoms with Crippen molar-refractivity contribution in [2.75, 3.05) is 18.1 Å². The van der Waals surface area contributed by atoms with Gasteiger partial charge in [-0.05, 0) is 37.1 Å². The molecule has 0 saturated carbocycles. The Hall–Kier alpha value is -0.880. The molecule has 0 fully saturated rings. The first-order chi connectivity index (χ1) is 9.88. The van der Waals surface area contributed by atoms with E-state index in [0.29, 0.717) is 23.6 Å². The van der Waals surface area contributed by atoms with Crippen LogP contribution in [0.1, 0.15) is 43.9 Å².